The third kappa shape index (κ3) is 3.93. The number of carbonyl (C=O) groups excluding carboxylic acids is 1. The van der Waals surface area contributed by atoms with Crippen LogP contribution in [0.15, 0.2) is 36.7 Å². The second kappa shape index (κ2) is 6.86. The predicted molar refractivity (Wildman–Crippen MR) is 76.2 cm³/mol. The second-order valence-electron chi connectivity index (χ2n) is 4.07. The van der Waals surface area contributed by atoms with Crippen LogP contribution in [-0.2, 0) is 0 Å². The summed E-state index contributed by atoms with van der Waals surface area (Å²) in [5.74, 6) is 0.366. The number of rotatable bonds is 5. The highest BCUT2D eigenvalue weighted by atomic mass is 35.5. The van der Waals surface area contributed by atoms with Crippen molar-refractivity contribution in [3.05, 3.63) is 47.2 Å². The molecule has 0 spiro atoms. The summed E-state index contributed by atoms with van der Waals surface area (Å²) in [4.78, 5) is 19.7. The molecule has 1 heterocycles. The molecule has 20 heavy (non-hydrogen) atoms. The molecule has 1 aromatic carbocycles. The molecule has 0 atom stereocenters. The maximum Gasteiger partial charge on any atom is 0.321 e. The van der Waals surface area contributed by atoms with Gasteiger partial charge in [0.05, 0.1) is 17.4 Å². The lowest BCUT2D eigenvalue weighted by Crippen LogP contribution is -2.23. The van der Waals surface area contributed by atoms with E-state index in [1.807, 2.05) is 6.92 Å². The van der Waals surface area contributed by atoms with Crippen LogP contribution in [0.1, 0.15) is 23.7 Å². The van der Waals surface area contributed by atoms with Crippen molar-refractivity contribution in [1.29, 1.82) is 0 Å². The Kier molecular flexibility index (Phi) is 4.90. The van der Waals surface area contributed by atoms with E-state index in [1.165, 1.54) is 12.4 Å². The first-order valence-electron chi connectivity index (χ1n) is 6.22. The third-order valence-electron chi connectivity index (χ3n) is 2.44. The normalized spacial score (nSPS) is 10.1. The fourth-order valence-electron chi connectivity index (χ4n) is 1.50. The van der Waals surface area contributed by atoms with Gasteiger partial charge in [0, 0.05) is 12.1 Å². The van der Waals surface area contributed by atoms with E-state index < -0.39 is 0 Å². The van der Waals surface area contributed by atoms with Gasteiger partial charge in [-0.15, -0.1) is 0 Å². The molecule has 5 nitrogen and oxygen atoms in total. The van der Waals surface area contributed by atoms with E-state index in [2.05, 4.69) is 15.3 Å². The second-order valence-corrected chi connectivity index (χ2v) is 4.51. The van der Waals surface area contributed by atoms with E-state index in [0.717, 1.165) is 6.42 Å². The molecule has 0 aliphatic carbocycles. The van der Waals surface area contributed by atoms with Crippen LogP contribution in [0, 0.1) is 0 Å². The molecule has 104 valence electrons. The van der Waals surface area contributed by atoms with E-state index >= 15 is 0 Å². The van der Waals surface area contributed by atoms with E-state index in [0.29, 0.717) is 22.9 Å². The summed E-state index contributed by atoms with van der Waals surface area (Å²) < 4.78 is 5.47. The van der Waals surface area contributed by atoms with Crippen molar-refractivity contribution in [2.75, 3.05) is 6.54 Å². The van der Waals surface area contributed by atoms with Gasteiger partial charge < -0.3 is 10.1 Å². The summed E-state index contributed by atoms with van der Waals surface area (Å²) in [6.45, 7) is 2.64. The number of carbonyl (C=O) groups is 1. The molecule has 2 rings (SSSR count). The number of nitrogens with one attached hydrogen (secondary N) is 1. The van der Waals surface area contributed by atoms with Crippen LogP contribution in [0.25, 0.3) is 0 Å². The highest BCUT2D eigenvalue weighted by molar-refractivity contribution is 6.30. The number of amides is 1. The van der Waals surface area contributed by atoms with E-state index in [1.54, 1.807) is 24.3 Å². The number of aromatic nitrogens is 2. The summed E-state index contributed by atoms with van der Waals surface area (Å²) in [5, 5.41) is 3.24. The standard InChI is InChI=1S/C14H14ClN3O2/c1-2-6-16-13(19)10-4-3-5-12(7-10)20-14-17-8-11(15)9-18-14/h3-5,7-9H,2,6H2,1H3,(H,16,19). The zero-order chi connectivity index (χ0) is 14.4. The Labute approximate surface area is 122 Å². The fraction of sp³-hybridized carbons (Fsp3) is 0.214. The summed E-state index contributed by atoms with van der Waals surface area (Å²) >= 11 is 5.70. The summed E-state index contributed by atoms with van der Waals surface area (Å²) in [5.41, 5.74) is 0.532. The van der Waals surface area contributed by atoms with Crippen LogP contribution < -0.4 is 10.1 Å². The third-order valence-corrected chi connectivity index (χ3v) is 2.63. The van der Waals surface area contributed by atoms with E-state index in [-0.39, 0.29) is 11.9 Å². The first kappa shape index (κ1) is 14.3. The van der Waals surface area contributed by atoms with Gasteiger partial charge in [-0.1, -0.05) is 24.6 Å². The van der Waals surface area contributed by atoms with Gasteiger partial charge in [-0.05, 0) is 24.6 Å². The Bertz CT molecular complexity index is 587. The van der Waals surface area contributed by atoms with Crippen LogP contribution in [0.5, 0.6) is 11.8 Å². The van der Waals surface area contributed by atoms with Crippen LogP contribution in [0.3, 0.4) is 0 Å². The number of hydrogen-bond donors (Lipinski definition) is 1. The zero-order valence-electron chi connectivity index (χ0n) is 11.0. The van der Waals surface area contributed by atoms with Crippen LogP contribution in [0.2, 0.25) is 5.02 Å². The molecule has 0 unspecified atom stereocenters. The summed E-state index contributed by atoms with van der Waals surface area (Å²) in [7, 11) is 0. The minimum Gasteiger partial charge on any atom is -0.424 e. The van der Waals surface area contributed by atoms with Gasteiger partial charge in [0.15, 0.2) is 0 Å². The monoisotopic (exact) mass is 291 g/mol. The Balaban J connectivity index is 2.09. The molecule has 2 aromatic rings. The minimum atomic E-state index is -0.130. The van der Waals surface area contributed by atoms with Crippen LogP contribution in [-0.4, -0.2) is 22.4 Å². The highest BCUT2D eigenvalue weighted by Crippen LogP contribution is 2.19. The number of nitrogens with zero attached hydrogens (tertiary/aromatic N) is 2. The first-order valence-corrected chi connectivity index (χ1v) is 6.60. The molecule has 0 fully saturated rings. The molecule has 0 saturated heterocycles. The van der Waals surface area contributed by atoms with Gasteiger partial charge in [-0.2, -0.15) is 0 Å². The average molecular weight is 292 g/mol. The van der Waals surface area contributed by atoms with Gasteiger partial charge in [0.2, 0.25) is 0 Å². The molecule has 0 radical (unpaired) electrons. The van der Waals surface area contributed by atoms with Gasteiger partial charge in [0.1, 0.15) is 5.75 Å². The molecule has 0 aliphatic heterocycles. The topological polar surface area (TPSA) is 64.1 Å². The van der Waals surface area contributed by atoms with Gasteiger partial charge in [-0.25, -0.2) is 9.97 Å². The average Bonchev–Trinajstić information content (AvgIpc) is 2.47. The maximum atomic E-state index is 11.8. The van der Waals surface area contributed by atoms with Crippen molar-refractivity contribution in [2.45, 2.75) is 13.3 Å². The Morgan fingerprint density at radius 3 is 2.80 bits per heavy atom. The number of hydrogen-bond acceptors (Lipinski definition) is 4. The number of benzene rings is 1. The number of ether oxygens (including phenoxy) is 1. The molecule has 0 aliphatic rings. The van der Waals surface area contributed by atoms with Gasteiger partial charge in [-0.3, -0.25) is 4.79 Å². The molecular weight excluding hydrogens is 278 g/mol. The van der Waals surface area contributed by atoms with Crippen molar-refractivity contribution < 1.29 is 9.53 Å². The van der Waals surface area contributed by atoms with Gasteiger partial charge in [0.25, 0.3) is 5.91 Å². The molecule has 1 aromatic heterocycles. The molecular formula is C14H14ClN3O2. The lowest BCUT2D eigenvalue weighted by atomic mass is 10.2. The lowest BCUT2D eigenvalue weighted by Gasteiger charge is -2.06. The lowest BCUT2D eigenvalue weighted by molar-refractivity contribution is 0.0953. The Morgan fingerprint density at radius 1 is 1.35 bits per heavy atom. The quantitative estimate of drug-likeness (QED) is 0.919. The smallest absolute Gasteiger partial charge is 0.321 e. The predicted octanol–water partition coefficient (Wildman–Crippen LogP) is 3.06. The van der Waals surface area contributed by atoms with E-state index in [4.69, 9.17) is 16.3 Å². The zero-order valence-corrected chi connectivity index (χ0v) is 11.7. The van der Waals surface area contributed by atoms with Crippen molar-refractivity contribution in [3.8, 4) is 11.8 Å². The minimum absolute atomic E-state index is 0.130. The molecule has 1 N–H and O–H groups in total. The van der Waals surface area contributed by atoms with Gasteiger partial charge >= 0.3 is 6.01 Å². The largest absolute Gasteiger partial charge is 0.424 e. The van der Waals surface area contributed by atoms with Crippen LogP contribution in [0.4, 0.5) is 0 Å². The van der Waals surface area contributed by atoms with Crippen LogP contribution >= 0.6 is 11.6 Å². The van der Waals surface area contributed by atoms with E-state index in [9.17, 15) is 4.79 Å². The molecule has 0 saturated carbocycles. The van der Waals surface area contributed by atoms with Crippen molar-refractivity contribution in [3.63, 3.8) is 0 Å². The van der Waals surface area contributed by atoms with Crippen molar-refractivity contribution >= 4 is 17.5 Å². The maximum absolute atomic E-state index is 11.8. The Morgan fingerprint density at radius 2 is 2.10 bits per heavy atom. The SMILES string of the molecule is CCCNC(=O)c1cccc(Oc2ncc(Cl)cn2)c1. The highest BCUT2D eigenvalue weighted by Gasteiger charge is 2.07. The summed E-state index contributed by atoms with van der Waals surface area (Å²) in [6, 6.07) is 7.02. The molecule has 6 heteroatoms. The summed E-state index contributed by atoms with van der Waals surface area (Å²) in [6.07, 6.45) is 3.78. The number of halogens is 1. The molecule has 0 bridgehead atoms. The Hall–Kier alpha value is -2.14. The fourth-order valence-corrected chi connectivity index (χ4v) is 1.60. The van der Waals surface area contributed by atoms with Crippen molar-refractivity contribution in [2.24, 2.45) is 0 Å². The molecule has 1 amide bonds. The van der Waals surface area contributed by atoms with Crippen molar-refractivity contribution in [1.82, 2.24) is 15.3 Å². The first-order chi connectivity index (χ1) is 9.69.